The highest BCUT2D eigenvalue weighted by Gasteiger charge is 2.20. The molecule has 2 aromatic rings. The van der Waals surface area contributed by atoms with Crippen molar-refractivity contribution in [2.24, 2.45) is 0 Å². The summed E-state index contributed by atoms with van der Waals surface area (Å²) in [5.41, 5.74) is 0.828. The van der Waals surface area contributed by atoms with Crippen LogP contribution in [-0.4, -0.2) is 21.6 Å². The number of halogens is 1. The summed E-state index contributed by atoms with van der Waals surface area (Å²) in [4.78, 5) is 0. The Morgan fingerprint density at radius 1 is 1.25 bits per heavy atom. The van der Waals surface area contributed by atoms with E-state index in [1.54, 1.807) is 11.3 Å². The zero-order valence-electron chi connectivity index (χ0n) is 8.64. The third-order valence-corrected chi connectivity index (χ3v) is 4.04. The molecule has 2 rings (SSSR count). The molecule has 0 spiro atoms. The van der Waals surface area contributed by atoms with Crippen LogP contribution in [0.5, 0.6) is 0 Å². The van der Waals surface area contributed by atoms with Crippen LogP contribution >= 0.6 is 27.3 Å². The number of thiophene rings is 1. The topological polar surface area (TPSA) is 40.5 Å². The largest absolute Gasteiger partial charge is 0.390 e. The van der Waals surface area contributed by atoms with Crippen molar-refractivity contribution in [2.45, 2.75) is 18.6 Å². The van der Waals surface area contributed by atoms with Crippen molar-refractivity contribution in [2.75, 3.05) is 5.33 Å². The predicted octanol–water partition coefficient (Wildman–Crippen LogP) is 3.08. The van der Waals surface area contributed by atoms with Gasteiger partial charge in [-0.25, -0.2) is 0 Å². The Morgan fingerprint density at radius 3 is 2.75 bits per heavy atom. The van der Waals surface area contributed by atoms with Gasteiger partial charge in [-0.1, -0.05) is 34.1 Å². The number of hydrogen-bond donors (Lipinski definition) is 2. The zero-order chi connectivity index (χ0) is 11.5. The molecule has 0 saturated heterocycles. The number of hydrogen-bond acceptors (Lipinski definition) is 3. The van der Waals surface area contributed by atoms with E-state index in [0.717, 1.165) is 15.6 Å². The molecule has 0 fully saturated rings. The number of aliphatic hydroxyl groups excluding tert-OH is 2. The van der Waals surface area contributed by atoms with Crippen molar-refractivity contribution < 1.29 is 10.2 Å². The van der Waals surface area contributed by atoms with Crippen molar-refractivity contribution in [3.8, 4) is 0 Å². The molecular weight excluding hydrogens is 288 g/mol. The monoisotopic (exact) mass is 300 g/mol. The van der Waals surface area contributed by atoms with E-state index in [4.69, 9.17) is 0 Å². The first kappa shape index (κ1) is 12.0. The Labute approximate surface area is 107 Å². The maximum Gasteiger partial charge on any atom is 0.106 e. The molecule has 2 atom stereocenters. The fourth-order valence-corrected chi connectivity index (χ4v) is 3.16. The number of aliphatic hydroxyl groups is 2. The molecule has 4 heteroatoms. The van der Waals surface area contributed by atoms with Gasteiger partial charge in [-0.3, -0.25) is 0 Å². The molecule has 0 bridgehead atoms. The highest BCUT2D eigenvalue weighted by molar-refractivity contribution is 9.09. The Morgan fingerprint density at radius 2 is 2.00 bits per heavy atom. The van der Waals surface area contributed by atoms with Gasteiger partial charge in [-0.15, -0.1) is 11.3 Å². The van der Waals surface area contributed by atoms with Gasteiger partial charge >= 0.3 is 0 Å². The Kier molecular flexibility index (Phi) is 3.97. The number of benzene rings is 1. The Bertz CT molecular complexity index is 469. The van der Waals surface area contributed by atoms with E-state index in [0.29, 0.717) is 11.8 Å². The second kappa shape index (κ2) is 5.27. The molecule has 1 heterocycles. The first-order chi connectivity index (χ1) is 7.74. The van der Waals surface area contributed by atoms with Crippen molar-refractivity contribution >= 4 is 37.4 Å². The van der Waals surface area contributed by atoms with E-state index in [2.05, 4.69) is 15.9 Å². The minimum absolute atomic E-state index is 0.547. The van der Waals surface area contributed by atoms with Crippen LogP contribution in [0, 0.1) is 0 Å². The van der Waals surface area contributed by atoms with Gasteiger partial charge in [0.25, 0.3) is 0 Å². The van der Waals surface area contributed by atoms with Gasteiger partial charge in [0, 0.05) is 15.6 Å². The lowest BCUT2D eigenvalue weighted by molar-refractivity contribution is 0.0184. The maximum atomic E-state index is 10.0. The highest BCUT2D eigenvalue weighted by atomic mass is 79.9. The summed E-state index contributed by atoms with van der Waals surface area (Å²) < 4.78 is 1.14. The van der Waals surface area contributed by atoms with Crippen molar-refractivity contribution in [1.82, 2.24) is 0 Å². The number of alkyl halides is 1. The first-order valence-electron chi connectivity index (χ1n) is 5.12. The van der Waals surface area contributed by atoms with Gasteiger partial charge in [0.05, 0.1) is 6.10 Å². The summed E-state index contributed by atoms with van der Waals surface area (Å²) in [5, 5.41) is 23.5. The van der Waals surface area contributed by atoms with Crippen molar-refractivity contribution in [3.63, 3.8) is 0 Å². The molecule has 0 saturated carbocycles. The molecule has 0 aliphatic carbocycles. The fourth-order valence-electron chi connectivity index (χ4n) is 1.70. The molecular formula is C12H13BrO2S. The second-order valence-electron chi connectivity index (χ2n) is 3.68. The minimum Gasteiger partial charge on any atom is -0.390 e. The van der Waals surface area contributed by atoms with Crippen LogP contribution in [0.3, 0.4) is 0 Å². The van der Waals surface area contributed by atoms with E-state index >= 15 is 0 Å². The lowest BCUT2D eigenvalue weighted by Crippen LogP contribution is -2.18. The summed E-state index contributed by atoms with van der Waals surface area (Å²) in [6.07, 6.45) is -0.961. The normalized spacial score (nSPS) is 15.2. The summed E-state index contributed by atoms with van der Waals surface area (Å²) >= 11 is 4.86. The van der Waals surface area contributed by atoms with Crippen molar-refractivity contribution in [3.05, 3.63) is 35.2 Å². The van der Waals surface area contributed by atoms with Gasteiger partial charge < -0.3 is 10.2 Å². The lowest BCUT2D eigenvalue weighted by Gasteiger charge is -2.16. The molecule has 0 radical (unpaired) electrons. The molecule has 16 heavy (non-hydrogen) atoms. The molecule has 1 aromatic carbocycles. The Hall–Kier alpha value is -0.420. The summed E-state index contributed by atoms with van der Waals surface area (Å²) in [5.74, 6) is 0. The maximum absolute atomic E-state index is 10.0. The van der Waals surface area contributed by atoms with E-state index in [1.165, 1.54) is 0 Å². The molecule has 2 nitrogen and oxygen atoms in total. The smallest absolute Gasteiger partial charge is 0.106 e. The quantitative estimate of drug-likeness (QED) is 0.852. The van der Waals surface area contributed by atoms with Gasteiger partial charge in [0.15, 0.2) is 0 Å². The second-order valence-corrected chi connectivity index (χ2v) is 5.38. The van der Waals surface area contributed by atoms with Crippen LogP contribution in [0.4, 0.5) is 0 Å². The molecule has 86 valence electrons. The predicted molar refractivity (Wildman–Crippen MR) is 71.2 cm³/mol. The van der Waals surface area contributed by atoms with Gasteiger partial charge in [0.1, 0.15) is 6.10 Å². The zero-order valence-corrected chi connectivity index (χ0v) is 11.0. The average molecular weight is 301 g/mol. The molecule has 0 aliphatic rings. The SMILES string of the molecule is OC(CCBr)C(O)c1csc2ccccc12. The molecule has 0 aliphatic heterocycles. The summed E-state index contributed by atoms with van der Waals surface area (Å²) in [6.45, 7) is 0. The third-order valence-electron chi connectivity index (χ3n) is 2.60. The van der Waals surface area contributed by atoms with Crippen LogP contribution in [0.25, 0.3) is 10.1 Å². The van der Waals surface area contributed by atoms with Crippen LogP contribution in [0.15, 0.2) is 29.6 Å². The molecule has 1 aromatic heterocycles. The van der Waals surface area contributed by atoms with Crippen LogP contribution < -0.4 is 0 Å². The van der Waals surface area contributed by atoms with E-state index < -0.39 is 12.2 Å². The minimum atomic E-state index is -0.798. The summed E-state index contributed by atoms with van der Waals surface area (Å²) in [6, 6.07) is 7.92. The fraction of sp³-hybridized carbons (Fsp3) is 0.333. The summed E-state index contributed by atoms with van der Waals surface area (Å²) in [7, 11) is 0. The van der Waals surface area contributed by atoms with E-state index in [-0.39, 0.29) is 0 Å². The Balaban J connectivity index is 2.32. The highest BCUT2D eigenvalue weighted by Crippen LogP contribution is 2.32. The van der Waals surface area contributed by atoms with Crippen LogP contribution in [-0.2, 0) is 0 Å². The van der Waals surface area contributed by atoms with Crippen LogP contribution in [0.2, 0.25) is 0 Å². The average Bonchev–Trinajstić information content (AvgIpc) is 2.72. The lowest BCUT2D eigenvalue weighted by atomic mass is 10.0. The van der Waals surface area contributed by atoms with Crippen molar-refractivity contribution in [1.29, 1.82) is 0 Å². The molecule has 2 unspecified atom stereocenters. The van der Waals surface area contributed by atoms with E-state index in [9.17, 15) is 10.2 Å². The first-order valence-corrected chi connectivity index (χ1v) is 7.12. The number of fused-ring (bicyclic) bond motifs is 1. The molecule has 2 N–H and O–H groups in total. The molecule has 0 amide bonds. The van der Waals surface area contributed by atoms with Gasteiger partial charge in [-0.05, 0) is 23.3 Å². The van der Waals surface area contributed by atoms with Crippen LogP contribution in [0.1, 0.15) is 18.1 Å². The standard InChI is InChI=1S/C12H13BrO2S/c13-6-5-10(14)12(15)9-7-16-11-4-2-1-3-8(9)11/h1-4,7,10,12,14-15H,5-6H2. The third kappa shape index (κ3) is 2.30. The van der Waals surface area contributed by atoms with E-state index in [1.807, 2.05) is 29.6 Å². The van der Waals surface area contributed by atoms with Gasteiger partial charge in [0.2, 0.25) is 0 Å². The number of rotatable bonds is 4. The van der Waals surface area contributed by atoms with Gasteiger partial charge in [-0.2, -0.15) is 0 Å².